The summed E-state index contributed by atoms with van der Waals surface area (Å²) < 4.78 is 12.8. The van der Waals surface area contributed by atoms with E-state index in [4.69, 9.17) is 0 Å². The van der Waals surface area contributed by atoms with Crippen LogP contribution in [0.3, 0.4) is 0 Å². The van der Waals surface area contributed by atoms with Crippen LogP contribution in [0, 0.1) is 12.7 Å². The van der Waals surface area contributed by atoms with E-state index in [2.05, 4.69) is 15.5 Å². The van der Waals surface area contributed by atoms with Crippen LogP contribution in [0.1, 0.15) is 11.1 Å². The zero-order valence-electron chi connectivity index (χ0n) is 12.4. The molecule has 0 aliphatic rings. The Hall–Kier alpha value is -2.60. The summed E-state index contributed by atoms with van der Waals surface area (Å²) in [6.45, 7) is 2.01. The van der Waals surface area contributed by atoms with Gasteiger partial charge in [-0.25, -0.2) is 4.39 Å². The van der Waals surface area contributed by atoms with Crippen LogP contribution in [-0.2, 0) is 11.2 Å². The average molecular weight is 327 g/mol. The molecule has 1 amide bonds. The van der Waals surface area contributed by atoms with Crippen molar-refractivity contribution in [1.82, 2.24) is 10.2 Å². The molecule has 1 N–H and O–H groups in total. The second-order valence-electron chi connectivity index (χ2n) is 5.13. The molecule has 0 radical (unpaired) electrons. The van der Waals surface area contributed by atoms with E-state index in [0.717, 1.165) is 21.7 Å². The maximum atomic E-state index is 12.8. The standard InChI is InChI=1S/C17H14FN3OS/c1-11-3-2-4-13(9-11)16-20-21-17(23-16)19-15(22)10-12-5-7-14(18)8-6-12/h2-9H,10H2,1H3,(H,19,21,22). The van der Waals surface area contributed by atoms with Gasteiger partial charge in [0, 0.05) is 5.56 Å². The molecule has 0 fully saturated rings. The highest BCUT2D eigenvalue weighted by molar-refractivity contribution is 7.18. The molecular formula is C17H14FN3OS. The van der Waals surface area contributed by atoms with Gasteiger partial charge in [0.15, 0.2) is 0 Å². The van der Waals surface area contributed by atoms with E-state index >= 15 is 0 Å². The highest BCUT2D eigenvalue weighted by Crippen LogP contribution is 2.26. The zero-order valence-corrected chi connectivity index (χ0v) is 13.2. The quantitative estimate of drug-likeness (QED) is 0.792. The number of benzene rings is 2. The fraction of sp³-hybridized carbons (Fsp3) is 0.118. The van der Waals surface area contributed by atoms with Crippen molar-refractivity contribution in [3.8, 4) is 10.6 Å². The molecule has 116 valence electrons. The van der Waals surface area contributed by atoms with Crippen molar-refractivity contribution in [2.45, 2.75) is 13.3 Å². The highest BCUT2D eigenvalue weighted by Gasteiger charge is 2.10. The number of anilines is 1. The van der Waals surface area contributed by atoms with Gasteiger partial charge in [0.2, 0.25) is 11.0 Å². The molecule has 0 saturated carbocycles. The van der Waals surface area contributed by atoms with Crippen LogP contribution in [0.2, 0.25) is 0 Å². The topological polar surface area (TPSA) is 54.9 Å². The third-order valence-corrected chi connectivity index (χ3v) is 4.10. The first-order chi connectivity index (χ1) is 11.1. The van der Waals surface area contributed by atoms with Crippen molar-refractivity contribution in [1.29, 1.82) is 0 Å². The summed E-state index contributed by atoms with van der Waals surface area (Å²) in [6.07, 6.45) is 0.166. The SMILES string of the molecule is Cc1cccc(-c2nnc(NC(=O)Cc3ccc(F)cc3)s2)c1. The van der Waals surface area contributed by atoms with Crippen LogP contribution in [0.4, 0.5) is 9.52 Å². The lowest BCUT2D eigenvalue weighted by Crippen LogP contribution is -2.14. The molecule has 3 aromatic rings. The Bertz CT molecular complexity index is 830. The number of aryl methyl sites for hydroxylation is 1. The van der Waals surface area contributed by atoms with Crippen LogP contribution >= 0.6 is 11.3 Å². The van der Waals surface area contributed by atoms with Crippen molar-refractivity contribution >= 4 is 22.4 Å². The highest BCUT2D eigenvalue weighted by atomic mass is 32.1. The molecule has 1 heterocycles. The molecule has 0 aliphatic carbocycles. The lowest BCUT2D eigenvalue weighted by molar-refractivity contribution is -0.115. The van der Waals surface area contributed by atoms with Crippen molar-refractivity contribution < 1.29 is 9.18 Å². The Morgan fingerprint density at radius 2 is 1.96 bits per heavy atom. The van der Waals surface area contributed by atoms with E-state index in [1.54, 1.807) is 12.1 Å². The van der Waals surface area contributed by atoms with E-state index in [1.165, 1.54) is 23.5 Å². The number of carbonyl (C=O) groups excluding carboxylic acids is 1. The molecule has 2 aromatic carbocycles. The molecule has 0 spiro atoms. The largest absolute Gasteiger partial charge is 0.300 e. The van der Waals surface area contributed by atoms with Gasteiger partial charge < -0.3 is 5.32 Å². The number of hydrogen-bond acceptors (Lipinski definition) is 4. The number of amides is 1. The molecule has 6 heteroatoms. The van der Waals surface area contributed by atoms with Gasteiger partial charge in [0.05, 0.1) is 6.42 Å². The summed E-state index contributed by atoms with van der Waals surface area (Å²) in [4.78, 5) is 12.0. The number of nitrogens with one attached hydrogen (secondary N) is 1. The maximum absolute atomic E-state index is 12.8. The van der Waals surface area contributed by atoms with Crippen LogP contribution in [0.15, 0.2) is 48.5 Å². The Balaban J connectivity index is 1.66. The lowest BCUT2D eigenvalue weighted by Gasteiger charge is -2.01. The predicted octanol–water partition coefficient (Wildman–Crippen LogP) is 3.83. The minimum Gasteiger partial charge on any atom is -0.300 e. The first-order valence-electron chi connectivity index (χ1n) is 7.05. The fourth-order valence-corrected chi connectivity index (χ4v) is 2.88. The molecule has 1 aromatic heterocycles. The molecule has 0 unspecified atom stereocenters. The molecule has 4 nitrogen and oxygen atoms in total. The Kier molecular flexibility index (Phi) is 4.43. The van der Waals surface area contributed by atoms with Crippen LogP contribution in [0.5, 0.6) is 0 Å². The molecule has 23 heavy (non-hydrogen) atoms. The molecule has 0 aliphatic heterocycles. The van der Waals surface area contributed by atoms with Gasteiger partial charge >= 0.3 is 0 Å². The van der Waals surface area contributed by atoms with Crippen LogP contribution < -0.4 is 5.32 Å². The number of hydrogen-bond donors (Lipinski definition) is 1. The fourth-order valence-electron chi connectivity index (χ4n) is 2.12. The average Bonchev–Trinajstić information content (AvgIpc) is 2.98. The predicted molar refractivity (Wildman–Crippen MR) is 88.8 cm³/mol. The Labute approximate surface area is 137 Å². The van der Waals surface area contributed by atoms with Gasteiger partial charge in [-0.3, -0.25) is 4.79 Å². The van der Waals surface area contributed by atoms with Gasteiger partial charge in [0.1, 0.15) is 10.8 Å². The first kappa shape index (κ1) is 15.3. The molecule has 3 rings (SSSR count). The van der Waals surface area contributed by atoms with Gasteiger partial charge in [-0.1, -0.05) is 47.2 Å². The second kappa shape index (κ2) is 6.66. The summed E-state index contributed by atoms with van der Waals surface area (Å²) in [7, 11) is 0. The van der Waals surface area contributed by atoms with Gasteiger partial charge in [0.25, 0.3) is 0 Å². The minimum absolute atomic E-state index is 0.166. The smallest absolute Gasteiger partial charge is 0.230 e. The van der Waals surface area contributed by atoms with Gasteiger partial charge in [-0.15, -0.1) is 10.2 Å². The number of carbonyl (C=O) groups is 1. The maximum Gasteiger partial charge on any atom is 0.230 e. The summed E-state index contributed by atoms with van der Waals surface area (Å²) in [5, 5.41) is 12.0. The normalized spacial score (nSPS) is 10.5. The van der Waals surface area contributed by atoms with Crippen molar-refractivity contribution in [3.05, 3.63) is 65.5 Å². The summed E-state index contributed by atoms with van der Waals surface area (Å²) >= 11 is 1.32. The summed E-state index contributed by atoms with van der Waals surface area (Å²) in [6, 6.07) is 13.8. The van der Waals surface area contributed by atoms with E-state index in [-0.39, 0.29) is 18.1 Å². The van der Waals surface area contributed by atoms with Gasteiger partial charge in [-0.05, 0) is 30.7 Å². The molecule has 0 atom stereocenters. The first-order valence-corrected chi connectivity index (χ1v) is 7.86. The second-order valence-corrected chi connectivity index (χ2v) is 6.11. The van der Waals surface area contributed by atoms with E-state index in [1.807, 2.05) is 31.2 Å². The lowest BCUT2D eigenvalue weighted by atomic mass is 10.1. The molecule has 0 bridgehead atoms. The van der Waals surface area contributed by atoms with Crippen molar-refractivity contribution in [2.24, 2.45) is 0 Å². The van der Waals surface area contributed by atoms with E-state index in [9.17, 15) is 9.18 Å². The number of rotatable bonds is 4. The third-order valence-electron chi connectivity index (χ3n) is 3.21. The van der Waals surface area contributed by atoms with E-state index in [0.29, 0.717) is 5.13 Å². The molecular weight excluding hydrogens is 313 g/mol. The Morgan fingerprint density at radius 1 is 1.17 bits per heavy atom. The van der Waals surface area contributed by atoms with Crippen LogP contribution in [-0.4, -0.2) is 16.1 Å². The zero-order chi connectivity index (χ0) is 16.2. The molecule has 0 saturated heterocycles. The minimum atomic E-state index is -0.318. The summed E-state index contributed by atoms with van der Waals surface area (Å²) in [5.41, 5.74) is 2.86. The summed E-state index contributed by atoms with van der Waals surface area (Å²) in [5.74, 6) is -0.523. The van der Waals surface area contributed by atoms with Crippen LogP contribution in [0.25, 0.3) is 10.6 Å². The third kappa shape index (κ3) is 3.98. The van der Waals surface area contributed by atoms with Gasteiger partial charge in [-0.2, -0.15) is 0 Å². The van der Waals surface area contributed by atoms with E-state index < -0.39 is 0 Å². The van der Waals surface area contributed by atoms with Crippen molar-refractivity contribution in [3.63, 3.8) is 0 Å². The number of halogens is 1. The van der Waals surface area contributed by atoms with Crippen molar-refractivity contribution in [2.75, 3.05) is 5.32 Å². The Morgan fingerprint density at radius 3 is 2.70 bits per heavy atom. The number of nitrogens with zero attached hydrogens (tertiary/aromatic N) is 2. The monoisotopic (exact) mass is 327 g/mol. The number of aromatic nitrogens is 2.